The maximum atomic E-state index is 13.6. The van der Waals surface area contributed by atoms with Crippen LogP contribution in [0, 0.1) is 29.6 Å². The molecule has 7 atom stereocenters. The van der Waals surface area contributed by atoms with Crippen molar-refractivity contribution in [2.24, 2.45) is 35.3 Å². The molecular formula is C50H92N8O12S2. The molecule has 1 rings (SSSR count). The average molecular weight is 1060 g/mol. The Balaban J connectivity index is 0. The van der Waals surface area contributed by atoms with Crippen LogP contribution in [0.25, 0.3) is 0 Å². The van der Waals surface area contributed by atoms with Gasteiger partial charge >= 0.3 is 0 Å². The highest BCUT2D eigenvalue weighted by Crippen LogP contribution is 2.34. The molecule has 0 saturated heterocycles. The lowest BCUT2D eigenvalue weighted by atomic mass is 9.91. The molecule has 3 amide bonds. The normalized spacial score (nSPS) is 14.2. The van der Waals surface area contributed by atoms with E-state index in [4.69, 9.17) is 15.9 Å². The van der Waals surface area contributed by atoms with Crippen LogP contribution in [0.2, 0.25) is 0 Å². The molecule has 0 aliphatic rings. The molecule has 20 nitrogen and oxygen atoms in total. The third-order valence-corrected chi connectivity index (χ3v) is 14.2. The van der Waals surface area contributed by atoms with Gasteiger partial charge in [0.15, 0.2) is 17.3 Å². The molecule has 0 spiro atoms. The van der Waals surface area contributed by atoms with Gasteiger partial charge in [-0.15, -0.1) is 0 Å². The first-order chi connectivity index (χ1) is 34.1. The largest absolute Gasteiger partial charge is 0.396 e. The number of aliphatic hydroxyl groups is 5. The SMILES string of the molecule is CC(C)C[C@H](NCN)C(=O)C[C@@H](CCO)C(=O)NCN[C@@H](CC(C)C)C(=O)C[C@@H](CCO)C(=O)NCN[C@@H](Cc1ccccc1)C(=O)C[C@@H](CCO)C(=O)NCO.CCSSC(C)(C)C.CN[C@H](C=O)CO. The predicted octanol–water partition coefficient (Wildman–Crippen LogP) is 1.15. The molecule has 0 saturated carbocycles. The van der Waals surface area contributed by atoms with Gasteiger partial charge in [0, 0.05) is 74.0 Å². The van der Waals surface area contributed by atoms with Crippen molar-refractivity contribution in [1.82, 2.24) is 37.2 Å². The van der Waals surface area contributed by atoms with Crippen molar-refractivity contribution < 1.29 is 59.1 Å². The molecule has 14 N–H and O–H groups in total. The van der Waals surface area contributed by atoms with Gasteiger partial charge in [-0.3, -0.25) is 44.7 Å². The topological polar surface area (TPSA) is 331 Å². The third-order valence-electron chi connectivity index (χ3n) is 10.7. The number of amides is 3. The van der Waals surface area contributed by atoms with Crippen molar-refractivity contribution in [2.45, 2.75) is 142 Å². The van der Waals surface area contributed by atoms with Crippen molar-refractivity contribution >= 4 is 62.9 Å². The fourth-order valence-corrected chi connectivity index (χ4v) is 8.85. The van der Waals surface area contributed by atoms with Gasteiger partial charge in [-0.05, 0) is 63.0 Å². The summed E-state index contributed by atoms with van der Waals surface area (Å²) in [5.74, 6) is -3.46. The molecular weight excluding hydrogens is 969 g/mol. The summed E-state index contributed by atoms with van der Waals surface area (Å²) in [4.78, 5) is 88.8. The Bertz CT molecular complexity index is 1640. The van der Waals surface area contributed by atoms with Gasteiger partial charge in [0.25, 0.3) is 0 Å². The smallest absolute Gasteiger partial charge is 0.225 e. The van der Waals surface area contributed by atoms with Gasteiger partial charge in [-0.25, -0.2) is 0 Å². The van der Waals surface area contributed by atoms with Crippen LogP contribution in [0.4, 0.5) is 0 Å². The summed E-state index contributed by atoms with van der Waals surface area (Å²) in [5.41, 5.74) is 6.44. The van der Waals surface area contributed by atoms with Crippen LogP contribution in [0.1, 0.15) is 112 Å². The van der Waals surface area contributed by atoms with E-state index < -0.39 is 60.3 Å². The lowest BCUT2D eigenvalue weighted by molar-refractivity contribution is -0.132. The molecule has 1 aromatic rings. The van der Waals surface area contributed by atoms with E-state index in [1.807, 2.05) is 79.6 Å². The number of Topliss-reactive ketones (excluding diaryl/α,β-unsaturated/α-hetero) is 3. The molecule has 0 aromatic heterocycles. The summed E-state index contributed by atoms with van der Waals surface area (Å²) in [6.07, 6.45) is 1.39. The van der Waals surface area contributed by atoms with E-state index in [1.165, 1.54) is 5.75 Å². The molecule has 0 aliphatic heterocycles. The Hall–Kier alpha value is -3.39. The third kappa shape index (κ3) is 34.9. The van der Waals surface area contributed by atoms with Crippen molar-refractivity contribution in [3.63, 3.8) is 0 Å². The number of nitrogens with two attached hydrogens (primary N) is 1. The van der Waals surface area contributed by atoms with E-state index in [0.29, 0.717) is 23.9 Å². The molecule has 0 aliphatic carbocycles. The summed E-state index contributed by atoms with van der Waals surface area (Å²) >= 11 is 0. The fraction of sp³-hybridized carbons (Fsp3) is 0.740. The number of benzene rings is 1. The second kappa shape index (κ2) is 42.9. The number of hydrogen-bond acceptors (Lipinski definition) is 19. The molecule has 22 heteroatoms. The molecule has 0 heterocycles. The Labute approximate surface area is 436 Å². The minimum Gasteiger partial charge on any atom is -0.396 e. The van der Waals surface area contributed by atoms with Crippen molar-refractivity contribution in [1.29, 1.82) is 0 Å². The van der Waals surface area contributed by atoms with Crippen LogP contribution in [-0.4, -0.2) is 162 Å². The average Bonchev–Trinajstić information content (AvgIpc) is 3.32. The molecule has 1 aromatic carbocycles. The lowest BCUT2D eigenvalue weighted by Gasteiger charge is -2.24. The van der Waals surface area contributed by atoms with Crippen LogP contribution in [0.5, 0.6) is 0 Å². The number of aliphatic hydroxyl groups excluding tert-OH is 5. The number of aldehydes is 1. The first-order valence-electron chi connectivity index (χ1n) is 24.9. The number of rotatable bonds is 38. The van der Waals surface area contributed by atoms with E-state index in [-0.39, 0.29) is 127 Å². The Kier molecular flexibility index (Phi) is 42.1. The summed E-state index contributed by atoms with van der Waals surface area (Å²) in [5, 5.41) is 65.5. The highest BCUT2D eigenvalue weighted by molar-refractivity contribution is 8.77. The van der Waals surface area contributed by atoms with Gasteiger partial charge in [0.1, 0.15) is 13.0 Å². The quantitative estimate of drug-likeness (QED) is 0.0251. The van der Waals surface area contributed by atoms with Crippen LogP contribution in [0.15, 0.2) is 30.3 Å². The molecule has 0 radical (unpaired) electrons. The summed E-state index contributed by atoms with van der Waals surface area (Å²) in [6, 6.07) is 6.64. The zero-order valence-electron chi connectivity index (χ0n) is 44.4. The molecule has 0 fully saturated rings. The van der Waals surface area contributed by atoms with Crippen LogP contribution in [-0.2, 0) is 40.0 Å². The van der Waals surface area contributed by atoms with Crippen molar-refractivity contribution in [3.05, 3.63) is 35.9 Å². The summed E-state index contributed by atoms with van der Waals surface area (Å²) in [6.45, 7) is 14.8. The fourth-order valence-electron chi connectivity index (χ4n) is 6.96. The number of carbonyl (C=O) groups excluding carboxylic acids is 7. The number of hydrogen-bond donors (Lipinski definition) is 13. The van der Waals surface area contributed by atoms with Crippen LogP contribution >= 0.6 is 21.6 Å². The Morgan fingerprint density at radius 1 is 0.653 bits per heavy atom. The van der Waals surface area contributed by atoms with Crippen molar-refractivity contribution in [2.75, 3.05) is 66.0 Å². The molecule has 416 valence electrons. The maximum absolute atomic E-state index is 13.6. The van der Waals surface area contributed by atoms with E-state index in [1.54, 1.807) is 7.05 Å². The van der Waals surface area contributed by atoms with E-state index in [2.05, 4.69) is 64.9 Å². The van der Waals surface area contributed by atoms with Gasteiger partial charge in [0.05, 0.1) is 44.1 Å². The van der Waals surface area contributed by atoms with Crippen molar-refractivity contribution in [3.8, 4) is 0 Å². The summed E-state index contributed by atoms with van der Waals surface area (Å²) in [7, 11) is 5.50. The van der Waals surface area contributed by atoms with E-state index in [9.17, 15) is 48.9 Å². The predicted molar refractivity (Wildman–Crippen MR) is 286 cm³/mol. The van der Waals surface area contributed by atoms with Crippen LogP contribution in [0.3, 0.4) is 0 Å². The highest BCUT2D eigenvalue weighted by Gasteiger charge is 2.30. The summed E-state index contributed by atoms with van der Waals surface area (Å²) < 4.78 is 0.431. The zero-order chi connectivity index (χ0) is 55.1. The Morgan fingerprint density at radius 3 is 1.39 bits per heavy atom. The van der Waals surface area contributed by atoms with Crippen LogP contribution < -0.4 is 43.0 Å². The zero-order valence-corrected chi connectivity index (χ0v) is 46.0. The number of likely N-dealkylation sites (N-methyl/N-ethyl adjacent to an activating group) is 1. The second-order valence-electron chi connectivity index (χ2n) is 19.0. The monoisotopic (exact) mass is 1060 g/mol. The molecule has 72 heavy (non-hydrogen) atoms. The minimum absolute atomic E-state index is 0.00836. The molecule has 0 bridgehead atoms. The maximum Gasteiger partial charge on any atom is 0.225 e. The highest BCUT2D eigenvalue weighted by atomic mass is 33.1. The van der Waals surface area contributed by atoms with Gasteiger partial charge in [0.2, 0.25) is 17.7 Å². The lowest BCUT2D eigenvalue weighted by Crippen LogP contribution is -2.49. The first-order valence-corrected chi connectivity index (χ1v) is 27.3. The van der Waals surface area contributed by atoms with E-state index in [0.717, 1.165) is 5.56 Å². The first kappa shape index (κ1) is 70.7. The second-order valence-corrected chi connectivity index (χ2v) is 22.4. The number of carbonyl (C=O) groups is 7. The van der Waals surface area contributed by atoms with E-state index >= 15 is 0 Å². The standard InChI is InChI=1S/C40H69N7O10.C6H14S2.C4H9NO2/c1-26(2)16-32(42-22-41)35(52)19-29(10-13-48)38(55)45-23-43-33(17-27(3)4)36(53)20-30(11-14-49)39(56)46-24-44-34(18-28-8-6-5-7-9-28)37(54)21-31(12-15-50)40(57)47-25-51;1-5-7-8-6(2,3)4;1-5-4(2-6)3-7/h5-9,26-27,29-34,42-44,48-51H,10-25,41H2,1-4H3,(H,45,55)(H,46,56)(H,47,57);5H2,1-4H3;2,4-5,7H,3H2,1H3/t29-,30-,31-,32+,33+,34+;;4-/m1.1/s1. The van der Waals surface area contributed by atoms with Gasteiger partial charge in [-0.1, -0.05) is 107 Å². The molecule has 0 unspecified atom stereocenters. The minimum atomic E-state index is -0.907. The number of ketones is 3. The Morgan fingerprint density at radius 2 is 1.07 bits per heavy atom. The number of nitrogens with one attached hydrogen (secondary N) is 7. The van der Waals surface area contributed by atoms with Gasteiger partial charge in [-0.2, -0.15) is 0 Å². The van der Waals surface area contributed by atoms with Gasteiger partial charge < -0.3 is 57.3 Å².